The van der Waals surface area contributed by atoms with Crippen LogP contribution >= 0.6 is 0 Å². The minimum absolute atomic E-state index is 0.0646. The summed E-state index contributed by atoms with van der Waals surface area (Å²) in [6, 6.07) is 7.90. The highest BCUT2D eigenvalue weighted by Crippen LogP contribution is 2.35. The first-order valence-corrected chi connectivity index (χ1v) is 7.86. The fourth-order valence-corrected chi connectivity index (χ4v) is 2.54. The molecule has 0 aromatic heterocycles. The van der Waals surface area contributed by atoms with Gasteiger partial charge in [0.25, 0.3) is 0 Å². The van der Waals surface area contributed by atoms with E-state index in [9.17, 15) is 18.4 Å². The number of fused-ring (bicyclic) bond motifs is 1. The van der Waals surface area contributed by atoms with E-state index >= 15 is 0 Å². The molecule has 136 valence electrons. The molecule has 0 aliphatic carbocycles. The van der Waals surface area contributed by atoms with Crippen molar-refractivity contribution in [3.8, 4) is 11.5 Å². The Hall–Kier alpha value is -3.16. The highest BCUT2D eigenvalue weighted by atomic mass is 19.1. The number of ether oxygens (including phenoxy) is 2. The van der Waals surface area contributed by atoms with Crippen molar-refractivity contribution in [2.24, 2.45) is 0 Å². The topological polar surface area (TPSA) is 67.9 Å². The largest absolute Gasteiger partial charge is 0.454 e. The van der Waals surface area contributed by atoms with E-state index in [0.717, 1.165) is 12.1 Å². The number of hydrogen-bond acceptors (Lipinski definition) is 4. The molecule has 0 spiro atoms. The number of halogens is 2. The third kappa shape index (κ3) is 3.90. The number of carbonyl (C=O) groups is 2. The molecule has 0 fully saturated rings. The van der Waals surface area contributed by atoms with Crippen LogP contribution in [0.1, 0.15) is 13.3 Å². The molecule has 0 unspecified atom stereocenters. The number of amides is 2. The lowest BCUT2D eigenvalue weighted by molar-refractivity contribution is -0.117. The standard InChI is InChI=1S/C18H16F2N2O4/c1-11(23)22(13-3-5-16-17(9-13)26-10-25-16)7-6-18(24)21-15-4-2-12(19)8-14(15)20/h2-5,8-9H,6-7,10H2,1H3,(H,21,24). The molecule has 1 N–H and O–H groups in total. The van der Waals surface area contributed by atoms with Gasteiger partial charge in [-0.15, -0.1) is 0 Å². The Morgan fingerprint density at radius 3 is 2.62 bits per heavy atom. The number of nitrogens with zero attached hydrogens (tertiary/aromatic N) is 1. The third-order valence-electron chi connectivity index (χ3n) is 3.82. The van der Waals surface area contributed by atoms with Crippen molar-refractivity contribution in [3.05, 3.63) is 48.0 Å². The first kappa shape index (κ1) is 17.7. The van der Waals surface area contributed by atoms with Crippen LogP contribution in [0.4, 0.5) is 20.2 Å². The van der Waals surface area contributed by atoms with E-state index in [0.29, 0.717) is 23.3 Å². The Kier molecular flexibility index (Phi) is 5.01. The fourth-order valence-electron chi connectivity index (χ4n) is 2.54. The quantitative estimate of drug-likeness (QED) is 0.888. The van der Waals surface area contributed by atoms with Crippen LogP contribution in [0.3, 0.4) is 0 Å². The van der Waals surface area contributed by atoms with Gasteiger partial charge in [0.1, 0.15) is 11.6 Å². The second-order valence-corrected chi connectivity index (χ2v) is 5.63. The predicted octanol–water partition coefficient (Wildman–Crippen LogP) is 3.08. The van der Waals surface area contributed by atoms with Crippen molar-refractivity contribution < 1.29 is 27.8 Å². The lowest BCUT2D eigenvalue weighted by Crippen LogP contribution is -2.32. The maximum Gasteiger partial charge on any atom is 0.231 e. The first-order chi connectivity index (χ1) is 12.4. The summed E-state index contributed by atoms with van der Waals surface area (Å²) < 4.78 is 37.0. The summed E-state index contributed by atoms with van der Waals surface area (Å²) >= 11 is 0. The molecule has 0 saturated heterocycles. The minimum atomic E-state index is -0.863. The summed E-state index contributed by atoms with van der Waals surface area (Å²) in [5.41, 5.74) is 0.441. The maximum atomic E-state index is 13.6. The van der Waals surface area contributed by atoms with Crippen molar-refractivity contribution in [1.29, 1.82) is 0 Å². The van der Waals surface area contributed by atoms with Crippen molar-refractivity contribution in [2.45, 2.75) is 13.3 Å². The van der Waals surface area contributed by atoms with Gasteiger partial charge in [-0.1, -0.05) is 0 Å². The summed E-state index contributed by atoms with van der Waals surface area (Å²) in [6.07, 6.45) is -0.0646. The van der Waals surface area contributed by atoms with Gasteiger partial charge in [-0.3, -0.25) is 9.59 Å². The van der Waals surface area contributed by atoms with E-state index in [-0.39, 0.29) is 31.4 Å². The summed E-state index contributed by atoms with van der Waals surface area (Å²) in [7, 11) is 0. The zero-order chi connectivity index (χ0) is 18.7. The van der Waals surface area contributed by atoms with E-state index in [1.54, 1.807) is 18.2 Å². The van der Waals surface area contributed by atoms with Gasteiger partial charge < -0.3 is 19.7 Å². The number of rotatable bonds is 5. The molecule has 26 heavy (non-hydrogen) atoms. The molecular weight excluding hydrogens is 346 g/mol. The van der Waals surface area contributed by atoms with Crippen molar-refractivity contribution in [3.63, 3.8) is 0 Å². The van der Waals surface area contributed by atoms with E-state index < -0.39 is 17.5 Å². The van der Waals surface area contributed by atoms with Crippen LogP contribution in [-0.2, 0) is 9.59 Å². The van der Waals surface area contributed by atoms with Crippen molar-refractivity contribution in [2.75, 3.05) is 23.6 Å². The van der Waals surface area contributed by atoms with Gasteiger partial charge in [-0.2, -0.15) is 0 Å². The van der Waals surface area contributed by atoms with Gasteiger partial charge in [0, 0.05) is 37.7 Å². The highest BCUT2D eigenvalue weighted by molar-refractivity contribution is 5.95. The molecule has 1 aliphatic heterocycles. The zero-order valence-corrected chi connectivity index (χ0v) is 13.9. The second kappa shape index (κ2) is 7.38. The summed E-state index contributed by atoms with van der Waals surface area (Å²) in [4.78, 5) is 25.4. The maximum absolute atomic E-state index is 13.6. The van der Waals surface area contributed by atoms with Crippen LogP contribution in [-0.4, -0.2) is 25.2 Å². The van der Waals surface area contributed by atoms with Gasteiger partial charge in [0.15, 0.2) is 11.5 Å². The average molecular weight is 362 g/mol. The monoisotopic (exact) mass is 362 g/mol. The molecule has 2 aromatic carbocycles. The molecule has 6 nitrogen and oxygen atoms in total. The van der Waals surface area contributed by atoms with Crippen LogP contribution in [0, 0.1) is 11.6 Å². The molecule has 3 rings (SSSR count). The average Bonchev–Trinajstić information content (AvgIpc) is 3.05. The molecular formula is C18H16F2N2O4. The van der Waals surface area contributed by atoms with Gasteiger partial charge in [-0.25, -0.2) is 8.78 Å². The molecule has 0 radical (unpaired) electrons. The van der Waals surface area contributed by atoms with Crippen LogP contribution in [0.5, 0.6) is 11.5 Å². The van der Waals surface area contributed by atoms with Gasteiger partial charge in [-0.05, 0) is 24.3 Å². The molecule has 1 aliphatic rings. The van der Waals surface area contributed by atoms with Crippen LogP contribution in [0.15, 0.2) is 36.4 Å². The Labute approximate surface area is 148 Å². The summed E-state index contributed by atoms with van der Waals surface area (Å²) in [6.45, 7) is 1.58. The first-order valence-electron chi connectivity index (χ1n) is 7.86. The van der Waals surface area contributed by atoms with E-state index in [2.05, 4.69) is 5.32 Å². The van der Waals surface area contributed by atoms with E-state index in [1.165, 1.54) is 11.8 Å². The number of carbonyl (C=O) groups excluding carboxylic acids is 2. The Balaban J connectivity index is 1.65. The van der Waals surface area contributed by atoms with E-state index in [4.69, 9.17) is 9.47 Å². The van der Waals surface area contributed by atoms with Gasteiger partial charge >= 0.3 is 0 Å². The molecule has 2 aromatic rings. The predicted molar refractivity (Wildman–Crippen MR) is 90.2 cm³/mol. The molecule has 2 amide bonds. The Morgan fingerprint density at radius 1 is 1.12 bits per heavy atom. The number of benzene rings is 2. The Morgan fingerprint density at radius 2 is 1.88 bits per heavy atom. The summed E-state index contributed by atoms with van der Waals surface area (Å²) in [5.74, 6) is -1.25. The highest BCUT2D eigenvalue weighted by Gasteiger charge is 2.19. The SMILES string of the molecule is CC(=O)N(CCC(=O)Nc1ccc(F)cc1F)c1ccc2c(c1)OCO2. The molecule has 0 bridgehead atoms. The number of nitrogens with one attached hydrogen (secondary N) is 1. The molecule has 1 heterocycles. The lowest BCUT2D eigenvalue weighted by Gasteiger charge is -2.21. The molecule has 8 heteroatoms. The van der Waals surface area contributed by atoms with Gasteiger partial charge in [0.2, 0.25) is 18.6 Å². The molecule has 0 saturated carbocycles. The van der Waals surface area contributed by atoms with Gasteiger partial charge in [0.05, 0.1) is 5.69 Å². The minimum Gasteiger partial charge on any atom is -0.454 e. The Bertz CT molecular complexity index is 857. The number of anilines is 2. The van der Waals surface area contributed by atoms with Crippen molar-refractivity contribution >= 4 is 23.2 Å². The normalized spacial score (nSPS) is 12.0. The van der Waals surface area contributed by atoms with Crippen LogP contribution in [0.25, 0.3) is 0 Å². The molecule has 0 atom stereocenters. The third-order valence-corrected chi connectivity index (χ3v) is 3.82. The lowest BCUT2D eigenvalue weighted by atomic mass is 10.2. The van der Waals surface area contributed by atoms with Crippen molar-refractivity contribution in [1.82, 2.24) is 0 Å². The van der Waals surface area contributed by atoms with Crippen LogP contribution < -0.4 is 19.7 Å². The van der Waals surface area contributed by atoms with E-state index in [1.807, 2.05) is 0 Å². The van der Waals surface area contributed by atoms with Crippen LogP contribution in [0.2, 0.25) is 0 Å². The fraction of sp³-hybridized carbons (Fsp3) is 0.222. The smallest absolute Gasteiger partial charge is 0.231 e. The second-order valence-electron chi connectivity index (χ2n) is 5.63. The summed E-state index contributed by atoms with van der Waals surface area (Å²) in [5, 5.41) is 2.36. The zero-order valence-electron chi connectivity index (χ0n) is 13.9. The number of hydrogen-bond donors (Lipinski definition) is 1.